The molecule has 0 radical (unpaired) electrons. The molecule has 8 heteroatoms. The van der Waals surface area contributed by atoms with Gasteiger partial charge in [0.1, 0.15) is 11.8 Å². The van der Waals surface area contributed by atoms with Crippen LogP contribution in [0.25, 0.3) is 11.2 Å². The van der Waals surface area contributed by atoms with Crippen LogP contribution in [0.15, 0.2) is 36.9 Å². The van der Waals surface area contributed by atoms with E-state index < -0.39 is 0 Å². The average Bonchev–Trinajstić information content (AvgIpc) is 2.91. The Hall–Kier alpha value is -3.00. The zero-order chi connectivity index (χ0) is 14.8. The molecule has 0 aliphatic rings. The van der Waals surface area contributed by atoms with Crippen molar-refractivity contribution >= 4 is 22.9 Å². The van der Waals surface area contributed by atoms with E-state index in [0.29, 0.717) is 29.1 Å². The van der Waals surface area contributed by atoms with Gasteiger partial charge in [0.2, 0.25) is 0 Å². The van der Waals surface area contributed by atoms with Gasteiger partial charge in [0.15, 0.2) is 11.5 Å². The van der Waals surface area contributed by atoms with Crippen molar-refractivity contribution in [2.45, 2.75) is 6.54 Å². The number of fused-ring (bicyclic) bond motifs is 1. The van der Waals surface area contributed by atoms with E-state index in [2.05, 4.69) is 20.4 Å². The number of carbonyl (C=O) groups is 1. The van der Waals surface area contributed by atoms with Crippen LogP contribution >= 0.6 is 0 Å². The largest absolute Gasteiger partial charge is 0.382 e. The highest BCUT2D eigenvalue weighted by Gasteiger charge is 2.09. The van der Waals surface area contributed by atoms with Crippen LogP contribution in [0.4, 0.5) is 5.82 Å². The smallest absolute Gasteiger partial charge is 0.265 e. The van der Waals surface area contributed by atoms with E-state index in [1.165, 1.54) is 6.33 Å². The second-order valence-electron chi connectivity index (χ2n) is 4.48. The summed E-state index contributed by atoms with van der Waals surface area (Å²) in [6, 6.07) is 7.16. The van der Waals surface area contributed by atoms with E-state index in [-0.39, 0.29) is 5.91 Å². The molecule has 8 nitrogen and oxygen atoms in total. The minimum atomic E-state index is -0.334. The summed E-state index contributed by atoms with van der Waals surface area (Å²) in [5.41, 5.74) is 10.5. The summed E-state index contributed by atoms with van der Waals surface area (Å²) < 4.78 is 1.84. The van der Waals surface area contributed by atoms with Crippen LogP contribution in [0.2, 0.25) is 0 Å². The summed E-state index contributed by atoms with van der Waals surface area (Å²) in [6.07, 6.45) is 3.04. The van der Waals surface area contributed by atoms with Crippen molar-refractivity contribution in [2.24, 2.45) is 5.84 Å². The number of carbonyl (C=O) groups excluding carboxylic acids is 1. The lowest BCUT2D eigenvalue weighted by atomic mass is 10.1. The lowest BCUT2D eigenvalue weighted by molar-refractivity contribution is 0.0953. The van der Waals surface area contributed by atoms with Gasteiger partial charge in [-0.2, -0.15) is 0 Å². The molecule has 0 aliphatic heterocycles. The highest BCUT2D eigenvalue weighted by atomic mass is 16.2. The predicted octanol–water partition coefficient (Wildman–Crippen LogP) is 0.0603. The van der Waals surface area contributed by atoms with Crippen LogP contribution in [-0.2, 0) is 6.54 Å². The first-order valence-electron chi connectivity index (χ1n) is 6.20. The number of nitrogens with zero attached hydrogens (tertiary/aromatic N) is 4. The second kappa shape index (κ2) is 5.17. The molecule has 3 aromatic rings. The summed E-state index contributed by atoms with van der Waals surface area (Å²) in [5.74, 6) is 5.14. The molecular formula is C13H13N7O. The molecule has 5 N–H and O–H groups in total. The molecule has 0 saturated carbocycles. The predicted molar refractivity (Wildman–Crippen MR) is 76.9 cm³/mol. The number of benzene rings is 1. The Labute approximate surface area is 119 Å². The number of hydrazine groups is 1. The monoisotopic (exact) mass is 283 g/mol. The summed E-state index contributed by atoms with van der Waals surface area (Å²) in [4.78, 5) is 23.8. The lowest BCUT2D eigenvalue weighted by Crippen LogP contribution is -2.30. The fourth-order valence-electron chi connectivity index (χ4n) is 2.11. The normalized spacial score (nSPS) is 10.7. The SMILES string of the molecule is NNC(=O)c1cccc(Cn2cnc3c(N)ncnc32)c1. The van der Waals surface area contributed by atoms with Gasteiger partial charge in [-0.05, 0) is 17.7 Å². The number of hydrogen-bond acceptors (Lipinski definition) is 6. The van der Waals surface area contributed by atoms with Crippen LogP contribution in [0.5, 0.6) is 0 Å². The van der Waals surface area contributed by atoms with Crippen LogP contribution < -0.4 is 17.0 Å². The van der Waals surface area contributed by atoms with Crippen molar-refractivity contribution in [2.75, 3.05) is 5.73 Å². The molecule has 106 valence electrons. The Morgan fingerprint density at radius 2 is 2.14 bits per heavy atom. The van der Waals surface area contributed by atoms with E-state index in [9.17, 15) is 4.79 Å². The number of anilines is 1. The number of nitrogen functional groups attached to an aromatic ring is 2. The van der Waals surface area contributed by atoms with Gasteiger partial charge >= 0.3 is 0 Å². The van der Waals surface area contributed by atoms with Gasteiger partial charge in [0, 0.05) is 5.56 Å². The first kappa shape index (κ1) is 13.0. The Bertz CT molecular complexity index is 811. The van der Waals surface area contributed by atoms with Crippen molar-refractivity contribution in [1.29, 1.82) is 0 Å². The number of nitrogens with one attached hydrogen (secondary N) is 1. The van der Waals surface area contributed by atoms with Gasteiger partial charge in [-0.3, -0.25) is 10.2 Å². The van der Waals surface area contributed by atoms with Gasteiger partial charge in [0.05, 0.1) is 12.9 Å². The Morgan fingerprint density at radius 3 is 2.95 bits per heavy atom. The molecule has 0 aliphatic carbocycles. The first-order valence-corrected chi connectivity index (χ1v) is 6.20. The molecule has 0 bridgehead atoms. The highest BCUT2D eigenvalue weighted by Crippen LogP contribution is 2.16. The number of nitrogens with two attached hydrogens (primary N) is 2. The maximum Gasteiger partial charge on any atom is 0.265 e. The van der Waals surface area contributed by atoms with Crippen molar-refractivity contribution in [1.82, 2.24) is 24.9 Å². The van der Waals surface area contributed by atoms with Gasteiger partial charge in [0.25, 0.3) is 5.91 Å². The quantitative estimate of drug-likeness (QED) is 0.354. The number of aromatic nitrogens is 4. The van der Waals surface area contributed by atoms with E-state index in [4.69, 9.17) is 11.6 Å². The highest BCUT2D eigenvalue weighted by molar-refractivity contribution is 5.93. The Balaban J connectivity index is 1.95. The number of hydrogen-bond donors (Lipinski definition) is 3. The number of imidazole rings is 1. The maximum absolute atomic E-state index is 11.5. The summed E-state index contributed by atoms with van der Waals surface area (Å²) in [6.45, 7) is 0.513. The summed E-state index contributed by atoms with van der Waals surface area (Å²) in [5, 5.41) is 0. The van der Waals surface area contributed by atoms with Crippen LogP contribution in [0.1, 0.15) is 15.9 Å². The third-order valence-electron chi connectivity index (χ3n) is 3.10. The van der Waals surface area contributed by atoms with E-state index >= 15 is 0 Å². The molecule has 1 aromatic carbocycles. The fraction of sp³-hybridized carbons (Fsp3) is 0.0769. The summed E-state index contributed by atoms with van der Waals surface area (Å²) in [7, 11) is 0. The third kappa shape index (κ3) is 2.39. The molecule has 0 unspecified atom stereocenters. The standard InChI is InChI=1S/C13H13N7O/c14-11-10-12(17-6-16-11)20(7-18-10)5-8-2-1-3-9(4-8)13(21)19-15/h1-4,6-7H,5,15H2,(H,19,21)(H2,14,16,17). The van der Waals surface area contributed by atoms with Gasteiger partial charge < -0.3 is 10.3 Å². The maximum atomic E-state index is 11.5. The second-order valence-corrected chi connectivity index (χ2v) is 4.48. The van der Waals surface area contributed by atoms with Gasteiger partial charge in [-0.15, -0.1) is 0 Å². The van der Waals surface area contributed by atoms with E-state index in [1.54, 1.807) is 24.5 Å². The minimum absolute atomic E-state index is 0.334. The number of amides is 1. The molecule has 21 heavy (non-hydrogen) atoms. The molecule has 0 spiro atoms. The van der Waals surface area contributed by atoms with E-state index in [0.717, 1.165) is 5.56 Å². The van der Waals surface area contributed by atoms with E-state index in [1.807, 2.05) is 10.6 Å². The molecule has 1 amide bonds. The van der Waals surface area contributed by atoms with Crippen molar-refractivity contribution in [3.8, 4) is 0 Å². The first-order chi connectivity index (χ1) is 10.2. The molecule has 0 saturated heterocycles. The van der Waals surface area contributed by atoms with Crippen molar-refractivity contribution in [3.63, 3.8) is 0 Å². The lowest BCUT2D eigenvalue weighted by Gasteiger charge is -2.06. The summed E-state index contributed by atoms with van der Waals surface area (Å²) >= 11 is 0. The minimum Gasteiger partial charge on any atom is -0.382 e. The molecule has 3 rings (SSSR count). The Kier molecular flexibility index (Phi) is 3.20. The molecular weight excluding hydrogens is 270 g/mol. The van der Waals surface area contributed by atoms with Gasteiger partial charge in [-0.25, -0.2) is 20.8 Å². The van der Waals surface area contributed by atoms with Crippen LogP contribution in [0.3, 0.4) is 0 Å². The van der Waals surface area contributed by atoms with Crippen molar-refractivity contribution in [3.05, 3.63) is 48.0 Å². The van der Waals surface area contributed by atoms with Crippen molar-refractivity contribution < 1.29 is 4.79 Å². The molecule has 2 heterocycles. The molecule has 0 fully saturated rings. The van der Waals surface area contributed by atoms with Crippen LogP contribution in [-0.4, -0.2) is 25.4 Å². The fourth-order valence-corrected chi connectivity index (χ4v) is 2.11. The van der Waals surface area contributed by atoms with Gasteiger partial charge in [-0.1, -0.05) is 12.1 Å². The number of rotatable bonds is 3. The third-order valence-corrected chi connectivity index (χ3v) is 3.10. The zero-order valence-corrected chi connectivity index (χ0v) is 11.0. The molecule has 0 atom stereocenters. The average molecular weight is 283 g/mol. The molecule has 2 aromatic heterocycles. The Morgan fingerprint density at radius 1 is 1.29 bits per heavy atom. The van der Waals surface area contributed by atoms with Crippen LogP contribution in [0, 0.1) is 0 Å². The topological polar surface area (TPSA) is 125 Å². The zero-order valence-electron chi connectivity index (χ0n) is 11.0.